The third-order valence-electron chi connectivity index (χ3n) is 6.23. The quantitative estimate of drug-likeness (QED) is 0.264. The second-order valence-corrected chi connectivity index (χ2v) is 9.34. The number of aromatic nitrogens is 1. The van der Waals surface area contributed by atoms with Gasteiger partial charge < -0.3 is 31.8 Å². The first-order valence-electron chi connectivity index (χ1n) is 11.9. The largest absolute Gasteiger partial charge is 0.480 e. The van der Waals surface area contributed by atoms with Crippen LogP contribution in [0.1, 0.15) is 46.6 Å². The molecule has 10 nitrogen and oxygen atoms in total. The van der Waals surface area contributed by atoms with Crippen LogP contribution in [0.15, 0.2) is 30.5 Å². The second-order valence-electron chi connectivity index (χ2n) is 9.34. The number of carboxylic acid groups (broad SMARTS) is 1. The first kappa shape index (κ1) is 27.8. The van der Waals surface area contributed by atoms with Crippen molar-refractivity contribution in [2.24, 2.45) is 17.6 Å². The fraction of sp³-hybridized carbons (Fsp3) is 0.520. The van der Waals surface area contributed by atoms with Crippen LogP contribution in [0.5, 0.6) is 0 Å². The van der Waals surface area contributed by atoms with Crippen LogP contribution in [-0.4, -0.2) is 57.9 Å². The standard InChI is InChI=1S/C25H37N5O5/c1-6-14(4)21(24(33)29-20(13(2)3)25(34)35)30-22(31)15(5)28-23(32)18(26)11-16-12-27-19-10-8-7-9-17(16)19/h7-10,12-15,18,20-21,27H,6,11,26H2,1-5H3,(H,28,32)(H,29,33)(H,30,31)(H,34,35). The van der Waals surface area contributed by atoms with Crippen LogP contribution in [0, 0.1) is 11.8 Å². The summed E-state index contributed by atoms with van der Waals surface area (Å²) < 4.78 is 0. The Hall–Kier alpha value is -3.40. The Balaban J connectivity index is 2.01. The molecule has 7 N–H and O–H groups in total. The number of aromatic amines is 1. The van der Waals surface area contributed by atoms with Crippen LogP contribution >= 0.6 is 0 Å². The molecule has 5 unspecified atom stereocenters. The summed E-state index contributed by atoms with van der Waals surface area (Å²) in [7, 11) is 0. The average Bonchev–Trinajstić information content (AvgIpc) is 3.22. The summed E-state index contributed by atoms with van der Waals surface area (Å²) in [6, 6.07) is 3.83. The van der Waals surface area contributed by atoms with Gasteiger partial charge in [-0.15, -0.1) is 0 Å². The zero-order valence-corrected chi connectivity index (χ0v) is 20.9. The maximum atomic E-state index is 12.8. The number of carbonyl (C=O) groups is 4. The SMILES string of the molecule is CCC(C)C(NC(=O)C(C)NC(=O)C(N)Cc1c[nH]c2ccccc12)C(=O)NC(C(=O)O)C(C)C. The number of hydrogen-bond donors (Lipinski definition) is 6. The molecule has 0 saturated heterocycles. The zero-order valence-electron chi connectivity index (χ0n) is 20.9. The van der Waals surface area contributed by atoms with Crippen molar-refractivity contribution in [2.45, 2.75) is 71.6 Å². The van der Waals surface area contributed by atoms with Crippen molar-refractivity contribution in [2.75, 3.05) is 0 Å². The van der Waals surface area contributed by atoms with Crippen molar-refractivity contribution in [3.63, 3.8) is 0 Å². The van der Waals surface area contributed by atoms with Crippen molar-refractivity contribution >= 4 is 34.6 Å². The van der Waals surface area contributed by atoms with Gasteiger partial charge in [-0.05, 0) is 36.8 Å². The second kappa shape index (κ2) is 12.3. The first-order chi connectivity index (χ1) is 16.5. The van der Waals surface area contributed by atoms with Gasteiger partial charge in [0, 0.05) is 17.1 Å². The van der Waals surface area contributed by atoms with E-state index in [1.165, 1.54) is 6.92 Å². The predicted octanol–water partition coefficient (Wildman–Crippen LogP) is 1.30. The molecule has 0 spiro atoms. The smallest absolute Gasteiger partial charge is 0.326 e. The number of carboxylic acids is 1. The molecule has 2 aromatic rings. The Kier molecular flexibility index (Phi) is 9.82. The average molecular weight is 488 g/mol. The highest BCUT2D eigenvalue weighted by atomic mass is 16.4. The van der Waals surface area contributed by atoms with E-state index in [1.54, 1.807) is 20.8 Å². The van der Waals surface area contributed by atoms with Gasteiger partial charge in [0.05, 0.1) is 6.04 Å². The van der Waals surface area contributed by atoms with Crippen LogP contribution in [-0.2, 0) is 25.6 Å². The number of rotatable bonds is 12. The minimum absolute atomic E-state index is 0.257. The maximum Gasteiger partial charge on any atom is 0.326 e. The van der Waals surface area contributed by atoms with E-state index in [0.717, 1.165) is 16.5 Å². The van der Waals surface area contributed by atoms with E-state index < -0.39 is 47.9 Å². The molecule has 0 aliphatic rings. The summed E-state index contributed by atoms with van der Waals surface area (Å²) in [6.07, 6.45) is 2.67. The fourth-order valence-corrected chi connectivity index (χ4v) is 3.75. The van der Waals surface area contributed by atoms with Gasteiger partial charge in [-0.25, -0.2) is 4.79 Å². The van der Waals surface area contributed by atoms with Crippen molar-refractivity contribution in [1.82, 2.24) is 20.9 Å². The van der Waals surface area contributed by atoms with E-state index in [2.05, 4.69) is 20.9 Å². The normalized spacial score (nSPS) is 15.6. The Bertz CT molecular complexity index is 1050. The topological polar surface area (TPSA) is 166 Å². The molecule has 10 heteroatoms. The number of amides is 3. The molecule has 0 aliphatic heterocycles. The number of hydrogen-bond acceptors (Lipinski definition) is 5. The third kappa shape index (κ3) is 7.29. The van der Waals surface area contributed by atoms with E-state index in [1.807, 2.05) is 37.4 Å². The molecule has 0 radical (unpaired) electrons. The van der Waals surface area contributed by atoms with E-state index in [-0.39, 0.29) is 18.3 Å². The molecule has 0 aliphatic carbocycles. The number of carbonyl (C=O) groups excluding carboxylic acids is 3. The summed E-state index contributed by atoms with van der Waals surface area (Å²) in [6.45, 7) is 8.53. The van der Waals surface area contributed by atoms with Crippen molar-refractivity contribution in [3.8, 4) is 0 Å². The minimum atomic E-state index is -1.15. The number of benzene rings is 1. The lowest BCUT2D eigenvalue weighted by Crippen LogP contribution is -2.58. The molecular formula is C25H37N5O5. The lowest BCUT2D eigenvalue weighted by molar-refractivity contribution is -0.144. The molecule has 3 amide bonds. The Morgan fingerprint density at radius 3 is 2.17 bits per heavy atom. The fourth-order valence-electron chi connectivity index (χ4n) is 3.75. The number of nitrogens with two attached hydrogens (primary N) is 1. The Morgan fingerprint density at radius 1 is 0.943 bits per heavy atom. The molecule has 5 atom stereocenters. The van der Waals surface area contributed by atoms with Crippen LogP contribution < -0.4 is 21.7 Å². The van der Waals surface area contributed by atoms with E-state index >= 15 is 0 Å². The molecule has 0 fully saturated rings. The summed E-state index contributed by atoms with van der Waals surface area (Å²) in [5.41, 5.74) is 7.94. The van der Waals surface area contributed by atoms with Gasteiger partial charge >= 0.3 is 5.97 Å². The van der Waals surface area contributed by atoms with Crippen LogP contribution in [0.25, 0.3) is 10.9 Å². The summed E-state index contributed by atoms with van der Waals surface area (Å²) >= 11 is 0. The first-order valence-corrected chi connectivity index (χ1v) is 11.9. The molecule has 1 aromatic heterocycles. The number of H-pyrrole nitrogens is 1. The number of nitrogens with one attached hydrogen (secondary N) is 4. The summed E-state index contributed by atoms with van der Waals surface area (Å²) in [4.78, 5) is 52.9. The van der Waals surface area contributed by atoms with Gasteiger partial charge in [-0.1, -0.05) is 52.3 Å². The molecule has 2 rings (SSSR count). The third-order valence-corrected chi connectivity index (χ3v) is 6.23. The van der Waals surface area contributed by atoms with Gasteiger partial charge in [-0.3, -0.25) is 14.4 Å². The predicted molar refractivity (Wildman–Crippen MR) is 133 cm³/mol. The lowest BCUT2D eigenvalue weighted by Gasteiger charge is -2.28. The molecular weight excluding hydrogens is 450 g/mol. The van der Waals surface area contributed by atoms with Crippen LogP contribution in [0.4, 0.5) is 0 Å². The minimum Gasteiger partial charge on any atom is -0.480 e. The van der Waals surface area contributed by atoms with E-state index in [9.17, 15) is 24.3 Å². The van der Waals surface area contributed by atoms with Gasteiger partial charge in [-0.2, -0.15) is 0 Å². The highest BCUT2D eigenvalue weighted by Gasteiger charge is 2.32. The number of para-hydroxylation sites is 1. The molecule has 1 aromatic carbocycles. The molecule has 0 saturated carbocycles. The van der Waals surface area contributed by atoms with Crippen LogP contribution in [0.3, 0.4) is 0 Å². The highest BCUT2D eigenvalue weighted by molar-refractivity contribution is 5.94. The van der Waals surface area contributed by atoms with Crippen molar-refractivity contribution in [3.05, 3.63) is 36.0 Å². The monoisotopic (exact) mass is 487 g/mol. The molecule has 35 heavy (non-hydrogen) atoms. The molecule has 192 valence electrons. The van der Waals surface area contributed by atoms with E-state index in [0.29, 0.717) is 6.42 Å². The van der Waals surface area contributed by atoms with Gasteiger partial charge in [0.25, 0.3) is 0 Å². The number of aliphatic carboxylic acids is 1. The van der Waals surface area contributed by atoms with Gasteiger partial charge in [0.2, 0.25) is 17.7 Å². The zero-order chi connectivity index (χ0) is 26.3. The summed E-state index contributed by atoms with van der Waals surface area (Å²) in [5.74, 6) is -3.37. The van der Waals surface area contributed by atoms with Gasteiger partial charge in [0.1, 0.15) is 18.1 Å². The van der Waals surface area contributed by atoms with Gasteiger partial charge in [0.15, 0.2) is 0 Å². The maximum absolute atomic E-state index is 12.8. The Morgan fingerprint density at radius 2 is 1.57 bits per heavy atom. The molecule has 1 heterocycles. The van der Waals surface area contributed by atoms with Crippen LogP contribution in [0.2, 0.25) is 0 Å². The number of fused-ring (bicyclic) bond motifs is 1. The van der Waals surface area contributed by atoms with Crippen molar-refractivity contribution in [1.29, 1.82) is 0 Å². The lowest BCUT2D eigenvalue weighted by atomic mass is 9.96. The Labute approximate surface area is 205 Å². The summed E-state index contributed by atoms with van der Waals surface area (Å²) in [5, 5.41) is 18.1. The van der Waals surface area contributed by atoms with E-state index in [4.69, 9.17) is 5.73 Å². The molecule has 0 bridgehead atoms. The van der Waals surface area contributed by atoms with Crippen molar-refractivity contribution < 1.29 is 24.3 Å². The highest BCUT2D eigenvalue weighted by Crippen LogP contribution is 2.18.